The minimum atomic E-state index is -0.690. The highest BCUT2D eigenvalue weighted by Gasteiger charge is 2.41. The van der Waals surface area contributed by atoms with Crippen molar-refractivity contribution in [1.82, 2.24) is 9.80 Å². The molecule has 5 heteroatoms. The molecule has 0 aromatic rings. The Morgan fingerprint density at radius 1 is 1.56 bits per heavy atom. The lowest BCUT2D eigenvalue weighted by molar-refractivity contribution is -0.138. The molecule has 2 N–H and O–H groups in total. The maximum atomic E-state index is 12.7. The number of nitrogens with two attached hydrogens (primary N) is 1. The van der Waals surface area contributed by atoms with E-state index in [0.717, 1.165) is 25.9 Å². The summed E-state index contributed by atoms with van der Waals surface area (Å²) in [5, 5.41) is 0. The molecular formula is C13H25N3OS. The molecule has 1 saturated heterocycles. The first-order chi connectivity index (χ1) is 8.32. The minimum Gasteiger partial charge on any atom is -0.392 e. The number of rotatable bonds is 5. The molecule has 1 fully saturated rings. The van der Waals surface area contributed by atoms with Gasteiger partial charge in [-0.15, -0.1) is 0 Å². The topological polar surface area (TPSA) is 49.6 Å². The molecule has 1 heterocycles. The van der Waals surface area contributed by atoms with Gasteiger partial charge in [-0.2, -0.15) is 0 Å². The van der Waals surface area contributed by atoms with Crippen molar-refractivity contribution in [2.24, 2.45) is 11.1 Å². The Balaban J connectivity index is 2.85. The molecule has 0 spiro atoms. The van der Waals surface area contributed by atoms with Crippen LogP contribution in [0, 0.1) is 5.41 Å². The Morgan fingerprint density at radius 3 is 2.61 bits per heavy atom. The monoisotopic (exact) mass is 271 g/mol. The van der Waals surface area contributed by atoms with Crippen molar-refractivity contribution in [2.75, 3.05) is 27.2 Å². The van der Waals surface area contributed by atoms with Gasteiger partial charge in [0, 0.05) is 19.1 Å². The van der Waals surface area contributed by atoms with Crippen molar-refractivity contribution in [3.8, 4) is 0 Å². The predicted molar refractivity (Wildman–Crippen MR) is 78.5 cm³/mol. The lowest BCUT2D eigenvalue weighted by Crippen LogP contribution is -2.51. The number of carbonyl (C=O) groups excluding carboxylic acids is 1. The Morgan fingerprint density at radius 2 is 2.17 bits per heavy atom. The average molecular weight is 271 g/mol. The van der Waals surface area contributed by atoms with E-state index >= 15 is 0 Å². The molecule has 2 atom stereocenters. The Kier molecular flexibility index (Phi) is 5.10. The van der Waals surface area contributed by atoms with Crippen molar-refractivity contribution < 1.29 is 4.79 Å². The number of likely N-dealkylation sites (N-methyl/N-ethyl adjacent to an activating group) is 1. The van der Waals surface area contributed by atoms with Crippen LogP contribution >= 0.6 is 12.2 Å². The third-order valence-electron chi connectivity index (χ3n) is 3.94. The number of hydrogen-bond donors (Lipinski definition) is 1. The number of carbonyl (C=O) groups is 1. The van der Waals surface area contributed by atoms with Gasteiger partial charge in [0.1, 0.15) is 0 Å². The second-order valence-electron chi connectivity index (χ2n) is 5.61. The lowest BCUT2D eigenvalue weighted by atomic mass is 9.85. The van der Waals surface area contributed by atoms with Gasteiger partial charge in [-0.25, -0.2) is 0 Å². The van der Waals surface area contributed by atoms with E-state index in [1.807, 2.05) is 32.8 Å². The molecule has 1 amide bonds. The van der Waals surface area contributed by atoms with Gasteiger partial charge in [0.25, 0.3) is 0 Å². The minimum absolute atomic E-state index is 0.0989. The van der Waals surface area contributed by atoms with Crippen LogP contribution in [0.5, 0.6) is 0 Å². The largest absolute Gasteiger partial charge is 0.392 e. The van der Waals surface area contributed by atoms with Crippen molar-refractivity contribution in [1.29, 1.82) is 0 Å². The number of hydrogen-bond acceptors (Lipinski definition) is 3. The second-order valence-corrected chi connectivity index (χ2v) is 6.05. The third kappa shape index (κ3) is 3.01. The molecular weight excluding hydrogens is 246 g/mol. The summed E-state index contributed by atoms with van der Waals surface area (Å²) in [6.45, 7) is 5.56. The predicted octanol–water partition coefficient (Wildman–Crippen LogP) is 1.24. The van der Waals surface area contributed by atoms with Gasteiger partial charge in [-0.05, 0) is 40.3 Å². The SMILES string of the molecule is CCC(C)(C(=O)N1CCCC1CN(C)C)C(N)=S. The average Bonchev–Trinajstić information content (AvgIpc) is 2.73. The molecule has 0 aromatic carbocycles. The van der Waals surface area contributed by atoms with E-state index < -0.39 is 5.41 Å². The zero-order valence-corrected chi connectivity index (χ0v) is 12.7. The van der Waals surface area contributed by atoms with Crippen molar-refractivity contribution in [3.05, 3.63) is 0 Å². The fourth-order valence-corrected chi connectivity index (χ4v) is 2.69. The quantitative estimate of drug-likeness (QED) is 0.764. The van der Waals surface area contributed by atoms with Gasteiger partial charge >= 0.3 is 0 Å². The van der Waals surface area contributed by atoms with Crippen molar-refractivity contribution in [3.63, 3.8) is 0 Å². The maximum absolute atomic E-state index is 12.7. The molecule has 0 radical (unpaired) electrons. The van der Waals surface area contributed by atoms with E-state index in [-0.39, 0.29) is 5.91 Å². The molecule has 0 bridgehead atoms. The van der Waals surface area contributed by atoms with E-state index in [1.165, 1.54) is 0 Å². The Labute approximate surface area is 115 Å². The first kappa shape index (κ1) is 15.4. The summed E-state index contributed by atoms with van der Waals surface area (Å²) in [5.74, 6) is 0.0989. The molecule has 0 aliphatic carbocycles. The lowest BCUT2D eigenvalue weighted by Gasteiger charge is -2.35. The number of likely N-dealkylation sites (tertiary alicyclic amines) is 1. The molecule has 0 aromatic heterocycles. The van der Waals surface area contributed by atoms with Crippen LogP contribution in [-0.4, -0.2) is 53.9 Å². The van der Waals surface area contributed by atoms with Crippen LogP contribution in [0.4, 0.5) is 0 Å². The van der Waals surface area contributed by atoms with Crippen LogP contribution in [0.3, 0.4) is 0 Å². The second kappa shape index (κ2) is 5.97. The summed E-state index contributed by atoms with van der Waals surface area (Å²) in [4.78, 5) is 17.1. The zero-order valence-electron chi connectivity index (χ0n) is 11.9. The van der Waals surface area contributed by atoms with Crippen LogP contribution in [0.2, 0.25) is 0 Å². The van der Waals surface area contributed by atoms with Crippen LogP contribution < -0.4 is 5.73 Å². The van der Waals surface area contributed by atoms with E-state index in [4.69, 9.17) is 18.0 Å². The summed E-state index contributed by atoms with van der Waals surface area (Å²) in [6, 6.07) is 0.299. The molecule has 18 heavy (non-hydrogen) atoms. The van der Waals surface area contributed by atoms with Crippen LogP contribution in [0.15, 0.2) is 0 Å². The van der Waals surface area contributed by atoms with Gasteiger partial charge in [-0.1, -0.05) is 19.1 Å². The molecule has 4 nitrogen and oxygen atoms in total. The normalized spacial score (nSPS) is 23.2. The van der Waals surface area contributed by atoms with Crippen molar-refractivity contribution in [2.45, 2.75) is 39.2 Å². The highest BCUT2D eigenvalue weighted by Crippen LogP contribution is 2.29. The molecule has 1 rings (SSSR count). The fourth-order valence-electron chi connectivity index (χ4n) is 2.46. The number of nitrogens with zero attached hydrogens (tertiary/aromatic N) is 2. The first-order valence-electron chi connectivity index (χ1n) is 6.58. The number of thiocarbonyl (C=S) groups is 1. The van der Waals surface area contributed by atoms with Crippen molar-refractivity contribution >= 4 is 23.1 Å². The fraction of sp³-hybridized carbons (Fsp3) is 0.846. The standard InChI is InChI=1S/C13H25N3OS/c1-5-13(2,11(14)18)12(17)16-8-6-7-10(16)9-15(3)4/h10H,5-9H2,1-4H3,(H2,14,18). The molecule has 2 unspecified atom stereocenters. The summed E-state index contributed by atoms with van der Waals surface area (Å²) in [6.07, 6.45) is 2.80. The molecule has 0 saturated carbocycles. The molecule has 104 valence electrons. The van der Waals surface area contributed by atoms with Crippen LogP contribution in [0.1, 0.15) is 33.1 Å². The van der Waals surface area contributed by atoms with E-state index in [9.17, 15) is 4.79 Å². The summed E-state index contributed by atoms with van der Waals surface area (Å²) in [5.41, 5.74) is 5.08. The van der Waals surface area contributed by atoms with Gasteiger partial charge < -0.3 is 15.5 Å². The Bertz CT molecular complexity index is 332. The number of amides is 1. The zero-order chi connectivity index (χ0) is 13.9. The van der Waals surface area contributed by atoms with Gasteiger partial charge in [-0.3, -0.25) is 4.79 Å². The Hall–Kier alpha value is -0.680. The summed E-state index contributed by atoms with van der Waals surface area (Å²) < 4.78 is 0. The van der Waals surface area contributed by atoms with E-state index in [0.29, 0.717) is 17.5 Å². The van der Waals surface area contributed by atoms with E-state index in [2.05, 4.69) is 4.90 Å². The highest BCUT2D eigenvalue weighted by molar-refractivity contribution is 7.80. The van der Waals surface area contributed by atoms with Crippen LogP contribution in [0.25, 0.3) is 0 Å². The first-order valence-corrected chi connectivity index (χ1v) is 6.99. The molecule has 1 aliphatic rings. The van der Waals surface area contributed by atoms with Gasteiger partial charge in [0.15, 0.2) is 0 Å². The smallest absolute Gasteiger partial charge is 0.235 e. The highest BCUT2D eigenvalue weighted by atomic mass is 32.1. The molecule has 1 aliphatic heterocycles. The van der Waals surface area contributed by atoms with Gasteiger partial charge in [0.2, 0.25) is 5.91 Å². The maximum Gasteiger partial charge on any atom is 0.235 e. The summed E-state index contributed by atoms with van der Waals surface area (Å²) in [7, 11) is 4.07. The van der Waals surface area contributed by atoms with E-state index in [1.54, 1.807) is 0 Å². The summed E-state index contributed by atoms with van der Waals surface area (Å²) >= 11 is 5.09. The van der Waals surface area contributed by atoms with Crippen LogP contribution in [-0.2, 0) is 4.79 Å². The third-order valence-corrected chi connectivity index (χ3v) is 4.39. The van der Waals surface area contributed by atoms with Gasteiger partial charge in [0.05, 0.1) is 10.4 Å².